The highest BCUT2D eigenvalue weighted by atomic mass is 32.2. The predicted octanol–water partition coefficient (Wildman–Crippen LogP) is 1.96. The Morgan fingerprint density at radius 1 is 1.35 bits per heavy atom. The summed E-state index contributed by atoms with van der Waals surface area (Å²) in [7, 11) is -3.55. The molecule has 1 rings (SSSR count). The molecular formula is C13H21FN2O3S. The first-order valence-corrected chi connectivity index (χ1v) is 8.10. The Bertz CT molecular complexity index is 534. The minimum atomic E-state index is -3.55. The van der Waals surface area contributed by atoms with Crippen LogP contribution < -0.4 is 14.8 Å². The van der Waals surface area contributed by atoms with Gasteiger partial charge < -0.3 is 10.1 Å². The second-order valence-electron chi connectivity index (χ2n) is 4.34. The summed E-state index contributed by atoms with van der Waals surface area (Å²) < 4.78 is 45.1. The summed E-state index contributed by atoms with van der Waals surface area (Å²) in [6, 6.07) is 4.00. The van der Waals surface area contributed by atoms with Crippen molar-refractivity contribution in [1.82, 2.24) is 5.32 Å². The summed E-state index contributed by atoms with van der Waals surface area (Å²) in [5, 5.41) is 2.35. The van der Waals surface area contributed by atoms with Gasteiger partial charge in [-0.3, -0.25) is 4.72 Å². The van der Waals surface area contributed by atoms with Crippen molar-refractivity contribution in [2.75, 3.05) is 24.4 Å². The van der Waals surface area contributed by atoms with Crippen LogP contribution in [-0.4, -0.2) is 33.4 Å². The number of anilines is 1. The minimum absolute atomic E-state index is 0.108. The monoisotopic (exact) mass is 304 g/mol. The van der Waals surface area contributed by atoms with Crippen LogP contribution in [0, 0.1) is 5.82 Å². The Morgan fingerprint density at radius 3 is 2.60 bits per heavy atom. The zero-order chi connectivity index (χ0) is 15.2. The van der Waals surface area contributed by atoms with E-state index in [1.165, 1.54) is 12.1 Å². The molecule has 2 N–H and O–H groups in total. The molecule has 0 saturated heterocycles. The summed E-state index contributed by atoms with van der Waals surface area (Å²) in [5.41, 5.74) is 0.189. The third kappa shape index (κ3) is 4.64. The van der Waals surface area contributed by atoms with Gasteiger partial charge in [0.25, 0.3) is 0 Å². The van der Waals surface area contributed by atoms with Crippen LogP contribution in [0.25, 0.3) is 0 Å². The van der Waals surface area contributed by atoms with E-state index in [-0.39, 0.29) is 11.4 Å². The fourth-order valence-electron chi connectivity index (χ4n) is 1.56. The highest BCUT2D eigenvalue weighted by molar-refractivity contribution is 7.93. The van der Waals surface area contributed by atoms with E-state index in [0.29, 0.717) is 19.7 Å². The molecule has 0 fully saturated rings. The molecule has 1 aromatic carbocycles. The van der Waals surface area contributed by atoms with Gasteiger partial charge in [0.2, 0.25) is 10.0 Å². The van der Waals surface area contributed by atoms with E-state index in [1.807, 2.05) is 6.92 Å². The molecule has 0 spiro atoms. The van der Waals surface area contributed by atoms with Gasteiger partial charge in [-0.2, -0.15) is 0 Å². The van der Waals surface area contributed by atoms with Crippen molar-refractivity contribution in [3.05, 3.63) is 24.0 Å². The smallest absolute Gasteiger partial charge is 0.236 e. The molecule has 0 saturated carbocycles. The topological polar surface area (TPSA) is 67.4 Å². The van der Waals surface area contributed by atoms with E-state index >= 15 is 0 Å². The van der Waals surface area contributed by atoms with Crippen LogP contribution in [0.15, 0.2) is 18.2 Å². The van der Waals surface area contributed by atoms with E-state index in [9.17, 15) is 12.8 Å². The summed E-state index contributed by atoms with van der Waals surface area (Å²) in [4.78, 5) is 0. The van der Waals surface area contributed by atoms with Gasteiger partial charge in [-0.1, -0.05) is 6.92 Å². The van der Waals surface area contributed by atoms with Gasteiger partial charge in [0, 0.05) is 12.6 Å². The van der Waals surface area contributed by atoms with Crippen LogP contribution in [0.5, 0.6) is 5.75 Å². The van der Waals surface area contributed by atoms with Gasteiger partial charge in [0.15, 0.2) is 11.6 Å². The van der Waals surface area contributed by atoms with Crippen molar-refractivity contribution in [2.45, 2.75) is 26.0 Å². The standard InChI is InChI=1S/C13H21FN2O3S/c1-4-15-9-10(3)20(17,18)16-11-6-7-13(19-5-2)12(14)8-11/h6-8,10,15-16H,4-5,9H2,1-3H3. The van der Waals surface area contributed by atoms with Crippen LogP contribution in [0.3, 0.4) is 0 Å². The Morgan fingerprint density at radius 2 is 2.05 bits per heavy atom. The van der Waals surface area contributed by atoms with Crippen LogP contribution in [0.4, 0.5) is 10.1 Å². The van der Waals surface area contributed by atoms with Crippen molar-refractivity contribution in [3.63, 3.8) is 0 Å². The highest BCUT2D eigenvalue weighted by Crippen LogP contribution is 2.22. The highest BCUT2D eigenvalue weighted by Gasteiger charge is 2.20. The minimum Gasteiger partial charge on any atom is -0.491 e. The maximum atomic E-state index is 13.6. The number of sulfonamides is 1. The SMILES string of the molecule is CCNCC(C)S(=O)(=O)Nc1ccc(OCC)c(F)c1. The lowest BCUT2D eigenvalue weighted by Crippen LogP contribution is -2.34. The molecular weight excluding hydrogens is 283 g/mol. The van der Waals surface area contributed by atoms with Gasteiger partial charge >= 0.3 is 0 Å². The maximum Gasteiger partial charge on any atom is 0.236 e. The zero-order valence-corrected chi connectivity index (χ0v) is 12.8. The molecule has 0 radical (unpaired) electrons. The fourth-order valence-corrected chi connectivity index (χ4v) is 2.55. The molecule has 0 amide bonds. The largest absolute Gasteiger partial charge is 0.491 e. The van der Waals surface area contributed by atoms with Crippen LogP contribution >= 0.6 is 0 Å². The molecule has 7 heteroatoms. The Labute approximate surface area is 119 Å². The molecule has 0 aliphatic rings. The second-order valence-corrected chi connectivity index (χ2v) is 6.44. The van der Waals surface area contributed by atoms with Gasteiger partial charge in [-0.15, -0.1) is 0 Å². The number of rotatable bonds is 8. The molecule has 1 atom stereocenters. The van der Waals surface area contributed by atoms with Crippen molar-refractivity contribution in [3.8, 4) is 5.75 Å². The van der Waals surface area contributed by atoms with E-state index in [2.05, 4.69) is 10.0 Å². The lowest BCUT2D eigenvalue weighted by Gasteiger charge is -2.15. The van der Waals surface area contributed by atoms with Crippen LogP contribution in [0.1, 0.15) is 20.8 Å². The predicted molar refractivity (Wildman–Crippen MR) is 78.1 cm³/mol. The summed E-state index contributed by atoms with van der Waals surface area (Å²) >= 11 is 0. The van der Waals surface area contributed by atoms with Crippen molar-refractivity contribution in [2.24, 2.45) is 0 Å². The van der Waals surface area contributed by atoms with Gasteiger partial charge in [-0.25, -0.2) is 12.8 Å². The third-order valence-corrected chi connectivity index (χ3v) is 4.45. The first kappa shape index (κ1) is 16.7. The molecule has 1 unspecified atom stereocenters. The molecule has 0 aliphatic carbocycles. The summed E-state index contributed by atoms with van der Waals surface area (Å²) in [6.07, 6.45) is 0. The number of halogens is 1. The molecule has 1 aromatic rings. The maximum absolute atomic E-state index is 13.6. The van der Waals surface area contributed by atoms with Gasteiger partial charge in [0.1, 0.15) is 0 Å². The normalized spacial score (nSPS) is 13.0. The number of ether oxygens (including phenoxy) is 1. The van der Waals surface area contributed by atoms with Gasteiger partial charge in [0.05, 0.1) is 17.5 Å². The Kier molecular flexibility index (Phi) is 6.22. The van der Waals surface area contributed by atoms with E-state index < -0.39 is 21.1 Å². The Balaban J connectivity index is 2.79. The quantitative estimate of drug-likeness (QED) is 0.770. The third-order valence-electron chi connectivity index (χ3n) is 2.70. The van der Waals surface area contributed by atoms with Crippen molar-refractivity contribution < 1.29 is 17.5 Å². The first-order chi connectivity index (χ1) is 9.40. The summed E-state index contributed by atoms with van der Waals surface area (Å²) in [5.74, 6) is -0.484. The molecule has 20 heavy (non-hydrogen) atoms. The molecule has 0 aromatic heterocycles. The van der Waals surface area contributed by atoms with Crippen LogP contribution in [0.2, 0.25) is 0 Å². The molecule has 0 bridgehead atoms. The van der Waals surface area contributed by atoms with Crippen molar-refractivity contribution >= 4 is 15.7 Å². The number of hydrogen-bond donors (Lipinski definition) is 2. The number of benzene rings is 1. The zero-order valence-electron chi connectivity index (χ0n) is 11.9. The van der Waals surface area contributed by atoms with Gasteiger partial charge in [-0.05, 0) is 32.5 Å². The average molecular weight is 304 g/mol. The van der Waals surface area contributed by atoms with E-state index in [1.54, 1.807) is 13.8 Å². The molecule has 0 aliphatic heterocycles. The lowest BCUT2D eigenvalue weighted by molar-refractivity contribution is 0.321. The van der Waals surface area contributed by atoms with E-state index in [4.69, 9.17) is 4.74 Å². The first-order valence-electron chi connectivity index (χ1n) is 6.55. The average Bonchev–Trinajstić information content (AvgIpc) is 2.38. The molecule has 114 valence electrons. The lowest BCUT2D eigenvalue weighted by atomic mass is 10.3. The fraction of sp³-hybridized carbons (Fsp3) is 0.538. The second kappa shape index (κ2) is 7.44. The van der Waals surface area contributed by atoms with Crippen molar-refractivity contribution in [1.29, 1.82) is 0 Å². The van der Waals surface area contributed by atoms with Crippen LogP contribution in [-0.2, 0) is 10.0 Å². The molecule has 0 heterocycles. The Hall–Kier alpha value is -1.34. The molecule has 5 nitrogen and oxygen atoms in total. The van der Waals surface area contributed by atoms with E-state index in [0.717, 1.165) is 6.07 Å². The number of nitrogens with one attached hydrogen (secondary N) is 2. The number of hydrogen-bond acceptors (Lipinski definition) is 4. The summed E-state index contributed by atoms with van der Waals surface area (Å²) in [6.45, 7) is 6.62.